The Kier molecular flexibility index (Phi) is 4.70. The number of benzene rings is 2. The summed E-state index contributed by atoms with van der Waals surface area (Å²) in [4.78, 5) is 11.9. The Balaban J connectivity index is 2.02. The molecule has 1 amide bonds. The standard InChI is InChI=1S/C14H10Cl3NO/c15-11-4-1-9(2-5-11)14(19)18-8-10-3-6-12(16)7-13(10)17/h1-7H,8H2,(H,18,19). The van der Waals surface area contributed by atoms with Crippen LogP contribution in [0.15, 0.2) is 42.5 Å². The fraction of sp³-hybridized carbons (Fsp3) is 0.0714. The van der Waals surface area contributed by atoms with Crippen molar-refractivity contribution in [2.24, 2.45) is 0 Å². The molecule has 19 heavy (non-hydrogen) atoms. The van der Waals surface area contributed by atoms with E-state index in [-0.39, 0.29) is 5.91 Å². The number of halogens is 3. The Bertz CT molecular complexity index is 596. The Morgan fingerprint density at radius 3 is 2.21 bits per heavy atom. The first-order valence-corrected chi connectivity index (χ1v) is 6.67. The van der Waals surface area contributed by atoms with Crippen molar-refractivity contribution >= 4 is 40.7 Å². The lowest BCUT2D eigenvalue weighted by atomic mass is 10.2. The zero-order valence-corrected chi connectivity index (χ0v) is 12.1. The normalized spacial score (nSPS) is 10.3. The highest BCUT2D eigenvalue weighted by Gasteiger charge is 2.07. The topological polar surface area (TPSA) is 29.1 Å². The summed E-state index contributed by atoms with van der Waals surface area (Å²) >= 11 is 17.6. The molecule has 0 atom stereocenters. The van der Waals surface area contributed by atoms with Gasteiger partial charge in [-0.3, -0.25) is 4.79 Å². The van der Waals surface area contributed by atoms with E-state index in [1.807, 2.05) is 0 Å². The van der Waals surface area contributed by atoms with Gasteiger partial charge in [0.05, 0.1) is 0 Å². The van der Waals surface area contributed by atoms with Crippen LogP contribution in [0.2, 0.25) is 15.1 Å². The van der Waals surface area contributed by atoms with Gasteiger partial charge >= 0.3 is 0 Å². The largest absolute Gasteiger partial charge is 0.348 e. The average Bonchev–Trinajstić information content (AvgIpc) is 2.38. The summed E-state index contributed by atoms with van der Waals surface area (Å²) in [7, 11) is 0. The predicted octanol–water partition coefficient (Wildman–Crippen LogP) is 4.58. The number of hydrogen-bond acceptors (Lipinski definition) is 1. The Morgan fingerprint density at radius 2 is 1.58 bits per heavy atom. The molecule has 2 rings (SSSR count). The second-order valence-corrected chi connectivity index (χ2v) is 5.21. The second-order valence-electron chi connectivity index (χ2n) is 3.93. The van der Waals surface area contributed by atoms with Crippen LogP contribution in [0.4, 0.5) is 0 Å². The molecule has 0 aliphatic heterocycles. The van der Waals surface area contributed by atoms with Crippen molar-refractivity contribution in [1.29, 1.82) is 0 Å². The van der Waals surface area contributed by atoms with Gasteiger partial charge in [0.2, 0.25) is 0 Å². The molecule has 2 nitrogen and oxygen atoms in total. The van der Waals surface area contributed by atoms with Gasteiger partial charge in [0, 0.05) is 27.2 Å². The molecule has 2 aromatic carbocycles. The van der Waals surface area contributed by atoms with Gasteiger partial charge in [0.15, 0.2) is 0 Å². The van der Waals surface area contributed by atoms with Gasteiger partial charge in [-0.1, -0.05) is 40.9 Å². The van der Waals surface area contributed by atoms with E-state index in [0.717, 1.165) is 5.56 Å². The van der Waals surface area contributed by atoms with Crippen molar-refractivity contribution < 1.29 is 4.79 Å². The molecule has 0 spiro atoms. The van der Waals surface area contributed by atoms with Crippen LogP contribution < -0.4 is 5.32 Å². The zero-order chi connectivity index (χ0) is 13.8. The molecule has 98 valence electrons. The molecule has 0 aromatic heterocycles. The average molecular weight is 315 g/mol. The number of carbonyl (C=O) groups excluding carboxylic acids is 1. The molecule has 0 bridgehead atoms. The molecular weight excluding hydrogens is 305 g/mol. The van der Waals surface area contributed by atoms with E-state index in [9.17, 15) is 4.79 Å². The summed E-state index contributed by atoms with van der Waals surface area (Å²) in [5, 5.41) is 4.48. The minimum Gasteiger partial charge on any atom is -0.348 e. The van der Waals surface area contributed by atoms with E-state index in [1.165, 1.54) is 0 Å². The van der Waals surface area contributed by atoms with Crippen LogP contribution in [0, 0.1) is 0 Å². The fourth-order valence-corrected chi connectivity index (χ4v) is 2.15. The van der Waals surface area contributed by atoms with Crippen molar-refractivity contribution in [3.63, 3.8) is 0 Å². The number of nitrogens with one attached hydrogen (secondary N) is 1. The monoisotopic (exact) mass is 313 g/mol. The van der Waals surface area contributed by atoms with Crippen molar-refractivity contribution in [2.45, 2.75) is 6.54 Å². The molecule has 0 fully saturated rings. The van der Waals surface area contributed by atoms with Gasteiger partial charge in [0.1, 0.15) is 0 Å². The maximum absolute atomic E-state index is 11.9. The van der Waals surface area contributed by atoms with E-state index >= 15 is 0 Å². The van der Waals surface area contributed by atoms with Gasteiger partial charge in [0.25, 0.3) is 5.91 Å². The highest BCUT2D eigenvalue weighted by molar-refractivity contribution is 6.35. The van der Waals surface area contributed by atoms with Crippen LogP contribution in [-0.2, 0) is 6.54 Å². The van der Waals surface area contributed by atoms with E-state index in [1.54, 1.807) is 42.5 Å². The first-order valence-electron chi connectivity index (χ1n) is 5.54. The summed E-state index contributed by atoms with van der Waals surface area (Å²) in [6.45, 7) is 0.345. The van der Waals surface area contributed by atoms with Crippen LogP contribution in [0.25, 0.3) is 0 Å². The van der Waals surface area contributed by atoms with E-state index in [2.05, 4.69) is 5.32 Å². The Morgan fingerprint density at radius 1 is 0.947 bits per heavy atom. The molecular formula is C14H10Cl3NO. The SMILES string of the molecule is O=C(NCc1ccc(Cl)cc1Cl)c1ccc(Cl)cc1. The third-order valence-electron chi connectivity index (χ3n) is 2.56. The summed E-state index contributed by atoms with van der Waals surface area (Å²) < 4.78 is 0. The molecule has 0 unspecified atom stereocenters. The van der Waals surface area contributed by atoms with Gasteiger partial charge < -0.3 is 5.32 Å². The quantitative estimate of drug-likeness (QED) is 0.883. The van der Waals surface area contributed by atoms with E-state index in [4.69, 9.17) is 34.8 Å². The Hall–Kier alpha value is -1.22. The second kappa shape index (κ2) is 6.29. The molecule has 0 radical (unpaired) electrons. The lowest BCUT2D eigenvalue weighted by molar-refractivity contribution is 0.0951. The van der Waals surface area contributed by atoms with Crippen LogP contribution in [0.5, 0.6) is 0 Å². The third kappa shape index (κ3) is 3.87. The molecule has 0 saturated heterocycles. The van der Waals surface area contributed by atoms with Crippen LogP contribution in [0.1, 0.15) is 15.9 Å². The summed E-state index contributed by atoms with van der Waals surface area (Å²) in [5.74, 6) is -0.178. The van der Waals surface area contributed by atoms with Crippen molar-refractivity contribution in [2.75, 3.05) is 0 Å². The number of hydrogen-bond donors (Lipinski definition) is 1. The molecule has 1 N–H and O–H groups in total. The van der Waals surface area contributed by atoms with Crippen LogP contribution >= 0.6 is 34.8 Å². The van der Waals surface area contributed by atoms with Crippen LogP contribution in [-0.4, -0.2) is 5.91 Å². The summed E-state index contributed by atoms with van der Waals surface area (Å²) in [5.41, 5.74) is 1.36. The smallest absolute Gasteiger partial charge is 0.251 e. The molecule has 0 saturated carbocycles. The lowest BCUT2D eigenvalue weighted by Crippen LogP contribution is -2.22. The lowest BCUT2D eigenvalue weighted by Gasteiger charge is -2.07. The molecule has 0 aliphatic carbocycles. The van der Waals surface area contributed by atoms with Gasteiger partial charge in [-0.15, -0.1) is 0 Å². The van der Waals surface area contributed by atoms with E-state index < -0.39 is 0 Å². The molecule has 5 heteroatoms. The number of amides is 1. The van der Waals surface area contributed by atoms with Gasteiger partial charge in [-0.25, -0.2) is 0 Å². The highest BCUT2D eigenvalue weighted by Crippen LogP contribution is 2.20. The predicted molar refractivity (Wildman–Crippen MR) is 79.1 cm³/mol. The first kappa shape index (κ1) is 14.2. The van der Waals surface area contributed by atoms with Crippen LogP contribution in [0.3, 0.4) is 0 Å². The minimum absolute atomic E-state index is 0.178. The maximum Gasteiger partial charge on any atom is 0.251 e. The molecule has 2 aromatic rings. The number of rotatable bonds is 3. The van der Waals surface area contributed by atoms with E-state index in [0.29, 0.717) is 27.2 Å². The maximum atomic E-state index is 11.9. The summed E-state index contributed by atoms with van der Waals surface area (Å²) in [6.07, 6.45) is 0. The van der Waals surface area contributed by atoms with Crippen molar-refractivity contribution in [3.05, 3.63) is 68.7 Å². The molecule has 0 aliphatic rings. The zero-order valence-electron chi connectivity index (χ0n) is 9.79. The number of carbonyl (C=O) groups is 1. The Labute approximate surface area is 126 Å². The van der Waals surface area contributed by atoms with Gasteiger partial charge in [-0.2, -0.15) is 0 Å². The highest BCUT2D eigenvalue weighted by atomic mass is 35.5. The van der Waals surface area contributed by atoms with Crippen molar-refractivity contribution in [1.82, 2.24) is 5.32 Å². The van der Waals surface area contributed by atoms with Gasteiger partial charge in [-0.05, 0) is 42.0 Å². The minimum atomic E-state index is -0.178. The summed E-state index contributed by atoms with van der Waals surface area (Å²) in [6, 6.07) is 11.8. The fourth-order valence-electron chi connectivity index (χ4n) is 1.54. The molecule has 0 heterocycles. The van der Waals surface area contributed by atoms with Crippen molar-refractivity contribution in [3.8, 4) is 0 Å². The first-order chi connectivity index (χ1) is 9.06. The third-order valence-corrected chi connectivity index (χ3v) is 3.40.